The number of rotatable bonds is 6. The first-order valence-corrected chi connectivity index (χ1v) is 10.5. The number of carbonyl (C=O) groups is 1. The minimum atomic E-state index is -0.0385. The lowest BCUT2D eigenvalue weighted by molar-refractivity contribution is 0.102. The number of aryl methyl sites for hydroxylation is 2. The molecule has 0 radical (unpaired) electrons. The third-order valence-electron chi connectivity index (χ3n) is 4.44. The van der Waals surface area contributed by atoms with E-state index in [2.05, 4.69) is 0 Å². The van der Waals surface area contributed by atoms with E-state index >= 15 is 0 Å². The van der Waals surface area contributed by atoms with Crippen molar-refractivity contribution in [1.82, 2.24) is 9.55 Å². The van der Waals surface area contributed by atoms with Crippen LogP contribution in [0.4, 0.5) is 0 Å². The van der Waals surface area contributed by atoms with Crippen LogP contribution in [-0.2, 0) is 0 Å². The van der Waals surface area contributed by atoms with Crippen molar-refractivity contribution in [3.63, 3.8) is 0 Å². The summed E-state index contributed by atoms with van der Waals surface area (Å²) >= 11 is 2.83. The van der Waals surface area contributed by atoms with Crippen molar-refractivity contribution in [3.8, 4) is 5.75 Å². The van der Waals surface area contributed by atoms with Gasteiger partial charge in [0, 0.05) is 16.5 Å². The van der Waals surface area contributed by atoms with E-state index < -0.39 is 0 Å². The fourth-order valence-corrected chi connectivity index (χ4v) is 4.95. The van der Waals surface area contributed by atoms with Gasteiger partial charge in [-0.05, 0) is 45.4 Å². The first-order chi connectivity index (χ1) is 12.8. The topological polar surface area (TPSA) is 61.2 Å². The van der Waals surface area contributed by atoms with Crippen molar-refractivity contribution in [3.05, 3.63) is 50.6 Å². The van der Waals surface area contributed by atoms with E-state index in [1.165, 1.54) is 23.1 Å². The Hall–Kier alpha value is -2.12. The molecule has 0 unspecified atom stereocenters. The second-order valence-corrected chi connectivity index (χ2v) is 8.72. The zero-order valence-electron chi connectivity index (χ0n) is 16.0. The standard InChI is InChI=1S/C20H22N2O3S2/c1-11(2)22-19(24)17-12(3)13(4)27-18(17)21-20(22)26-10-16(23)14-7-6-8-15(9-14)25-5/h6-9,11H,10H2,1-5H3. The van der Waals surface area contributed by atoms with Crippen LogP contribution in [0.2, 0.25) is 0 Å². The molecule has 0 saturated carbocycles. The molecule has 3 rings (SSSR count). The summed E-state index contributed by atoms with van der Waals surface area (Å²) in [6.45, 7) is 7.87. The maximum absolute atomic E-state index is 13.0. The van der Waals surface area contributed by atoms with Gasteiger partial charge in [-0.2, -0.15) is 0 Å². The summed E-state index contributed by atoms with van der Waals surface area (Å²) in [5.74, 6) is 0.831. The molecule has 27 heavy (non-hydrogen) atoms. The molecule has 1 aromatic carbocycles. The van der Waals surface area contributed by atoms with E-state index in [1.54, 1.807) is 35.9 Å². The zero-order valence-corrected chi connectivity index (χ0v) is 17.7. The quantitative estimate of drug-likeness (QED) is 0.341. The lowest BCUT2D eigenvalue weighted by Crippen LogP contribution is -2.25. The minimum absolute atomic E-state index is 0.0258. The van der Waals surface area contributed by atoms with Crippen LogP contribution in [0.15, 0.2) is 34.2 Å². The van der Waals surface area contributed by atoms with Gasteiger partial charge in [-0.15, -0.1) is 11.3 Å². The lowest BCUT2D eigenvalue weighted by atomic mass is 10.1. The van der Waals surface area contributed by atoms with Gasteiger partial charge < -0.3 is 4.74 Å². The van der Waals surface area contributed by atoms with Gasteiger partial charge in [-0.3, -0.25) is 14.2 Å². The van der Waals surface area contributed by atoms with Crippen molar-refractivity contribution in [2.75, 3.05) is 12.9 Å². The SMILES string of the molecule is COc1cccc(C(=O)CSc2nc3sc(C)c(C)c3c(=O)n2C(C)C)c1. The molecule has 3 aromatic rings. The first kappa shape index (κ1) is 19.6. The van der Waals surface area contributed by atoms with Crippen LogP contribution in [0.25, 0.3) is 10.2 Å². The predicted molar refractivity (Wildman–Crippen MR) is 112 cm³/mol. The highest BCUT2D eigenvalue weighted by atomic mass is 32.2. The summed E-state index contributed by atoms with van der Waals surface area (Å²) in [5, 5.41) is 1.27. The van der Waals surface area contributed by atoms with E-state index in [1.807, 2.05) is 27.7 Å². The Bertz CT molecular complexity index is 1070. The fraction of sp³-hybridized carbons (Fsp3) is 0.350. The van der Waals surface area contributed by atoms with Crippen LogP contribution in [0, 0.1) is 13.8 Å². The number of Topliss-reactive ketones (excluding diaryl/α,β-unsaturated/α-hetero) is 1. The molecular weight excluding hydrogens is 380 g/mol. The average molecular weight is 403 g/mol. The normalized spacial score (nSPS) is 11.3. The van der Waals surface area contributed by atoms with Crippen LogP contribution in [0.1, 0.15) is 40.7 Å². The van der Waals surface area contributed by atoms with Gasteiger partial charge in [0.15, 0.2) is 10.9 Å². The largest absolute Gasteiger partial charge is 0.497 e. The number of ether oxygens (including phenoxy) is 1. The number of hydrogen-bond acceptors (Lipinski definition) is 6. The molecule has 0 aliphatic carbocycles. The van der Waals surface area contributed by atoms with Crippen LogP contribution < -0.4 is 10.3 Å². The van der Waals surface area contributed by atoms with Crippen molar-refractivity contribution < 1.29 is 9.53 Å². The van der Waals surface area contributed by atoms with Gasteiger partial charge in [-0.25, -0.2) is 4.98 Å². The molecule has 142 valence electrons. The summed E-state index contributed by atoms with van der Waals surface area (Å²) in [7, 11) is 1.57. The Morgan fingerprint density at radius 3 is 2.74 bits per heavy atom. The monoisotopic (exact) mass is 402 g/mol. The average Bonchev–Trinajstić information content (AvgIpc) is 2.93. The molecule has 0 atom stereocenters. The Balaban J connectivity index is 1.95. The highest BCUT2D eigenvalue weighted by Crippen LogP contribution is 2.29. The maximum atomic E-state index is 13.0. The second kappa shape index (κ2) is 7.86. The van der Waals surface area contributed by atoms with Crippen LogP contribution in [-0.4, -0.2) is 28.2 Å². The molecule has 7 heteroatoms. The summed E-state index contributed by atoms with van der Waals surface area (Å²) in [6.07, 6.45) is 0. The Morgan fingerprint density at radius 1 is 1.33 bits per heavy atom. The van der Waals surface area contributed by atoms with Crippen molar-refractivity contribution in [2.24, 2.45) is 0 Å². The van der Waals surface area contributed by atoms with Gasteiger partial charge in [0.05, 0.1) is 18.2 Å². The Labute approximate surface area is 166 Å². The second-order valence-electron chi connectivity index (χ2n) is 6.57. The first-order valence-electron chi connectivity index (χ1n) is 8.65. The van der Waals surface area contributed by atoms with E-state index in [-0.39, 0.29) is 23.1 Å². The van der Waals surface area contributed by atoms with E-state index in [0.717, 1.165) is 15.3 Å². The van der Waals surface area contributed by atoms with Gasteiger partial charge in [-0.1, -0.05) is 23.9 Å². The fourth-order valence-electron chi connectivity index (χ4n) is 2.85. The molecule has 0 bridgehead atoms. The van der Waals surface area contributed by atoms with E-state index in [0.29, 0.717) is 21.9 Å². The molecule has 0 saturated heterocycles. The number of aromatic nitrogens is 2. The highest BCUT2D eigenvalue weighted by Gasteiger charge is 2.19. The molecule has 5 nitrogen and oxygen atoms in total. The molecule has 0 spiro atoms. The third-order valence-corrected chi connectivity index (χ3v) is 6.50. The van der Waals surface area contributed by atoms with Gasteiger partial charge in [0.2, 0.25) is 0 Å². The number of ketones is 1. The number of hydrogen-bond donors (Lipinski definition) is 0. The third kappa shape index (κ3) is 3.80. The number of thiophene rings is 1. The lowest BCUT2D eigenvalue weighted by Gasteiger charge is -2.15. The number of methoxy groups -OCH3 is 1. The molecule has 2 heterocycles. The van der Waals surface area contributed by atoms with Crippen molar-refractivity contribution >= 4 is 39.1 Å². The molecule has 0 N–H and O–H groups in total. The predicted octanol–water partition coefficient (Wildman–Crippen LogP) is 4.64. The maximum Gasteiger partial charge on any atom is 0.263 e. The molecule has 2 aromatic heterocycles. The number of thioether (sulfide) groups is 1. The highest BCUT2D eigenvalue weighted by molar-refractivity contribution is 7.99. The number of nitrogens with zero attached hydrogens (tertiary/aromatic N) is 2. The molecular formula is C20H22N2O3S2. The number of fused-ring (bicyclic) bond motifs is 1. The molecule has 0 aliphatic heterocycles. The molecule has 0 amide bonds. The summed E-state index contributed by atoms with van der Waals surface area (Å²) in [6, 6.07) is 7.05. The van der Waals surface area contributed by atoms with Crippen LogP contribution in [0.5, 0.6) is 5.75 Å². The van der Waals surface area contributed by atoms with Gasteiger partial charge in [0.1, 0.15) is 10.6 Å². The summed E-state index contributed by atoms with van der Waals surface area (Å²) < 4.78 is 6.87. The van der Waals surface area contributed by atoms with Gasteiger partial charge in [0.25, 0.3) is 5.56 Å². The molecule has 0 fully saturated rings. The van der Waals surface area contributed by atoms with Crippen LogP contribution in [0.3, 0.4) is 0 Å². The van der Waals surface area contributed by atoms with E-state index in [4.69, 9.17) is 9.72 Å². The zero-order chi connectivity index (χ0) is 19.7. The summed E-state index contributed by atoms with van der Waals surface area (Å²) in [5.41, 5.74) is 1.54. The molecule has 0 aliphatic rings. The number of benzene rings is 1. The van der Waals surface area contributed by atoms with E-state index in [9.17, 15) is 9.59 Å². The Kier molecular flexibility index (Phi) is 5.72. The number of carbonyl (C=O) groups excluding carboxylic acids is 1. The van der Waals surface area contributed by atoms with Crippen LogP contribution >= 0.6 is 23.1 Å². The van der Waals surface area contributed by atoms with Crippen molar-refractivity contribution in [1.29, 1.82) is 0 Å². The Morgan fingerprint density at radius 2 is 2.07 bits per heavy atom. The smallest absolute Gasteiger partial charge is 0.263 e. The summed E-state index contributed by atoms with van der Waals surface area (Å²) in [4.78, 5) is 32.2. The minimum Gasteiger partial charge on any atom is -0.497 e. The van der Waals surface area contributed by atoms with Crippen molar-refractivity contribution in [2.45, 2.75) is 38.9 Å². The van der Waals surface area contributed by atoms with Gasteiger partial charge >= 0.3 is 0 Å².